The first-order valence-electron chi connectivity index (χ1n) is 8.22. The van der Waals surface area contributed by atoms with E-state index in [1.165, 1.54) is 38.5 Å². The van der Waals surface area contributed by atoms with Crippen LogP contribution in [0.25, 0.3) is 0 Å². The highest BCUT2D eigenvalue weighted by Crippen LogP contribution is 2.41. The van der Waals surface area contributed by atoms with Gasteiger partial charge in [-0.2, -0.15) is 0 Å². The van der Waals surface area contributed by atoms with E-state index >= 15 is 0 Å². The van der Waals surface area contributed by atoms with Crippen molar-refractivity contribution in [2.75, 3.05) is 6.54 Å². The minimum atomic E-state index is -0.149. The summed E-state index contributed by atoms with van der Waals surface area (Å²) in [5.74, 6) is 0.0744. The Morgan fingerprint density at radius 1 is 1.20 bits per heavy atom. The minimum Gasteiger partial charge on any atom is -0.370 e. The monoisotopic (exact) mass is 282 g/mol. The van der Waals surface area contributed by atoms with Crippen molar-refractivity contribution >= 4 is 5.91 Å². The maximum absolute atomic E-state index is 11.8. The summed E-state index contributed by atoms with van der Waals surface area (Å²) in [6.45, 7) is 6.67. The van der Waals surface area contributed by atoms with Crippen LogP contribution in [0.15, 0.2) is 0 Å². The Labute approximate surface area is 123 Å². The van der Waals surface area contributed by atoms with Crippen LogP contribution in [-0.4, -0.2) is 36.2 Å². The third kappa shape index (κ3) is 4.19. The van der Waals surface area contributed by atoms with E-state index in [9.17, 15) is 4.79 Å². The molecule has 1 saturated heterocycles. The van der Waals surface area contributed by atoms with Crippen molar-refractivity contribution < 1.29 is 9.53 Å². The van der Waals surface area contributed by atoms with Gasteiger partial charge in [-0.1, -0.05) is 19.3 Å². The molecule has 2 N–H and O–H groups in total. The Bertz CT molecular complexity index is 324. The largest absolute Gasteiger partial charge is 0.370 e. The molecule has 1 saturated carbocycles. The molecule has 2 aliphatic rings. The van der Waals surface area contributed by atoms with Crippen LogP contribution in [0, 0.1) is 0 Å². The second kappa shape index (κ2) is 6.90. The average molecular weight is 282 g/mol. The number of nitrogens with one attached hydrogen (secondary N) is 2. The molecule has 2 fully saturated rings. The predicted molar refractivity (Wildman–Crippen MR) is 80.7 cm³/mol. The number of carbonyl (C=O) groups is 1. The van der Waals surface area contributed by atoms with Gasteiger partial charge in [0.05, 0.1) is 17.7 Å². The second-order valence-electron chi connectivity index (χ2n) is 6.82. The topological polar surface area (TPSA) is 50.4 Å². The molecule has 2 rings (SSSR count). The van der Waals surface area contributed by atoms with Gasteiger partial charge in [-0.05, 0) is 46.5 Å². The lowest BCUT2D eigenvalue weighted by molar-refractivity contribution is -0.123. The summed E-state index contributed by atoms with van der Waals surface area (Å²) in [5.41, 5.74) is 0.175. The van der Waals surface area contributed by atoms with Crippen molar-refractivity contribution in [1.29, 1.82) is 0 Å². The summed E-state index contributed by atoms with van der Waals surface area (Å²) in [4.78, 5) is 11.8. The van der Waals surface area contributed by atoms with Crippen molar-refractivity contribution in [1.82, 2.24) is 10.6 Å². The van der Waals surface area contributed by atoms with Crippen molar-refractivity contribution in [3.05, 3.63) is 0 Å². The lowest BCUT2D eigenvalue weighted by atomic mass is 9.83. The molecule has 1 spiro atoms. The van der Waals surface area contributed by atoms with Crippen LogP contribution >= 0.6 is 0 Å². The highest BCUT2D eigenvalue weighted by molar-refractivity contribution is 5.81. The third-order valence-electron chi connectivity index (χ3n) is 4.58. The summed E-state index contributed by atoms with van der Waals surface area (Å²) >= 11 is 0. The van der Waals surface area contributed by atoms with Gasteiger partial charge in [0.25, 0.3) is 0 Å². The Hall–Kier alpha value is -0.610. The maximum Gasteiger partial charge on any atom is 0.237 e. The lowest BCUT2D eigenvalue weighted by Gasteiger charge is -2.33. The molecule has 0 aromatic carbocycles. The van der Waals surface area contributed by atoms with Crippen molar-refractivity contribution in [3.8, 4) is 0 Å². The Balaban J connectivity index is 1.71. The Morgan fingerprint density at radius 3 is 2.55 bits per heavy atom. The highest BCUT2D eigenvalue weighted by atomic mass is 16.5. The zero-order chi connectivity index (χ0) is 14.6. The van der Waals surface area contributed by atoms with Gasteiger partial charge in [-0.3, -0.25) is 4.79 Å². The molecular weight excluding hydrogens is 252 g/mol. The van der Waals surface area contributed by atoms with Gasteiger partial charge in [0.2, 0.25) is 5.91 Å². The van der Waals surface area contributed by atoms with Crippen LogP contribution in [0.2, 0.25) is 0 Å². The summed E-state index contributed by atoms with van der Waals surface area (Å²) in [5, 5.41) is 6.25. The van der Waals surface area contributed by atoms with Crippen molar-refractivity contribution in [3.63, 3.8) is 0 Å². The molecule has 0 radical (unpaired) electrons. The molecule has 2 unspecified atom stereocenters. The molecule has 20 heavy (non-hydrogen) atoms. The zero-order valence-electron chi connectivity index (χ0n) is 13.2. The number of rotatable bonds is 5. The molecule has 4 nitrogen and oxygen atoms in total. The average Bonchev–Trinajstić information content (AvgIpc) is 2.79. The molecule has 2 atom stereocenters. The fourth-order valence-corrected chi connectivity index (χ4v) is 3.41. The molecule has 1 amide bonds. The number of hydrogen-bond acceptors (Lipinski definition) is 3. The molecule has 0 aromatic heterocycles. The van der Waals surface area contributed by atoms with Crippen LogP contribution in [0.3, 0.4) is 0 Å². The molecule has 4 heteroatoms. The first-order valence-corrected chi connectivity index (χ1v) is 8.22. The molecule has 1 aliphatic heterocycles. The van der Waals surface area contributed by atoms with Gasteiger partial charge < -0.3 is 15.4 Å². The quantitative estimate of drug-likeness (QED) is 0.814. The predicted octanol–water partition coefficient (Wildman–Crippen LogP) is 2.37. The number of hydrogen-bond donors (Lipinski definition) is 2. The zero-order valence-corrected chi connectivity index (χ0v) is 13.2. The van der Waals surface area contributed by atoms with Crippen LogP contribution < -0.4 is 10.6 Å². The van der Waals surface area contributed by atoms with Gasteiger partial charge in [-0.25, -0.2) is 0 Å². The second-order valence-corrected chi connectivity index (χ2v) is 6.82. The summed E-state index contributed by atoms with van der Waals surface area (Å²) in [7, 11) is 0. The molecule has 0 aromatic rings. The van der Waals surface area contributed by atoms with Crippen molar-refractivity contribution in [2.45, 2.75) is 89.5 Å². The van der Waals surface area contributed by atoms with E-state index in [1.54, 1.807) is 0 Å². The van der Waals surface area contributed by atoms with Crippen LogP contribution in [0.1, 0.15) is 65.7 Å². The normalized spacial score (nSPS) is 26.9. The molecule has 1 aliphatic carbocycles. The fraction of sp³-hybridized carbons (Fsp3) is 0.938. The van der Waals surface area contributed by atoms with E-state index in [-0.39, 0.29) is 29.7 Å². The molecule has 0 bridgehead atoms. The highest BCUT2D eigenvalue weighted by Gasteiger charge is 2.40. The SMILES string of the molecule is CC(C)NC(=O)C(C)NCC1CCC2(CCCCC2)O1. The standard InChI is InChI=1S/C16H30N2O2/c1-12(2)18-15(19)13(3)17-11-14-7-10-16(20-14)8-5-4-6-9-16/h12-14,17H,4-11H2,1-3H3,(H,18,19). The number of ether oxygens (including phenoxy) is 1. The van der Waals surface area contributed by atoms with Crippen molar-refractivity contribution in [2.24, 2.45) is 0 Å². The Morgan fingerprint density at radius 2 is 1.90 bits per heavy atom. The first-order chi connectivity index (χ1) is 9.51. The fourth-order valence-electron chi connectivity index (χ4n) is 3.41. The maximum atomic E-state index is 11.8. The van der Waals surface area contributed by atoms with Gasteiger partial charge in [0.1, 0.15) is 0 Å². The van der Waals surface area contributed by atoms with E-state index in [2.05, 4.69) is 10.6 Å². The number of amides is 1. The summed E-state index contributed by atoms with van der Waals surface area (Å²) in [6.07, 6.45) is 9.06. The summed E-state index contributed by atoms with van der Waals surface area (Å²) < 4.78 is 6.31. The molecule has 1 heterocycles. The van der Waals surface area contributed by atoms with Gasteiger partial charge in [0.15, 0.2) is 0 Å². The third-order valence-corrected chi connectivity index (χ3v) is 4.58. The van der Waals surface area contributed by atoms with Gasteiger partial charge in [0, 0.05) is 12.6 Å². The summed E-state index contributed by atoms with van der Waals surface area (Å²) in [6, 6.07) is 0.0453. The van der Waals surface area contributed by atoms with E-state index in [0.29, 0.717) is 0 Å². The lowest BCUT2D eigenvalue weighted by Crippen LogP contribution is -2.47. The van der Waals surface area contributed by atoms with E-state index < -0.39 is 0 Å². The molecule has 116 valence electrons. The van der Waals surface area contributed by atoms with Crippen LogP contribution in [-0.2, 0) is 9.53 Å². The molecular formula is C16H30N2O2. The van der Waals surface area contributed by atoms with E-state index in [1.807, 2.05) is 20.8 Å². The van der Waals surface area contributed by atoms with E-state index in [4.69, 9.17) is 4.74 Å². The van der Waals surface area contributed by atoms with Gasteiger partial charge >= 0.3 is 0 Å². The minimum absolute atomic E-state index is 0.0744. The first kappa shape index (κ1) is 15.8. The smallest absolute Gasteiger partial charge is 0.237 e. The van der Waals surface area contributed by atoms with Crippen LogP contribution in [0.5, 0.6) is 0 Å². The number of carbonyl (C=O) groups excluding carboxylic acids is 1. The van der Waals surface area contributed by atoms with Crippen LogP contribution in [0.4, 0.5) is 0 Å². The van der Waals surface area contributed by atoms with E-state index in [0.717, 1.165) is 13.0 Å². The Kier molecular flexibility index (Phi) is 5.44. The van der Waals surface area contributed by atoms with Gasteiger partial charge in [-0.15, -0.1) is 0 Å².